The summed E-state index contributed by atoms with van der Waals surface area (Å²) >= 11 is 3.43. The highest BCUT2D eigenvalue weighted by atomic mass is 79.9. The van der Waals surface area contributed by atoms with Crippen molar-refractivity contribution >= 4 is 15.9 Å². The number of aliphatic hydroxyl groups is 1. The second-order valence-electron chi connectivity index (χ2n) is 5.63. The largest absolute Gasteiger partial charge is 0.389 e. The molecule has 1 atom stereocenters. The van der Waals surface area contributed by atoms with Gasteiger partial charge in [0, 0.05) is 16.9 Å². The molecule has 0 bridgehead atoms. The minimum atomic E-state index is -0.297. The highest BCUT2D eigenvalue weighted by molar-refractivity contribution is 9.10. The van der Waals surface area contributed by atoms with Gasteiger partial charge in [0.15, 0.2) is 0 Å². The van der Waals surface area contributed by atoms with Crippen LogP contribution in [0.3, 0.4) is 0 Å². The van der Waals surface area contributed by atoms with Gasteiger partial charge in [-0.25, -0.2) is 0 Å². The molecular formula is C14H18BrNO. The van der Waals surface area contributed by atoms with Crippen molar-refractivity contribution in [3.05, 3.63) is 40.1 Å². The second-order valence-corrected chi connectivity index (χ2v) is 6.54. The van der Waals surface area contributed by atoms with E-state index in [0.29, 0.717) is 0 Å². The Morgan fingerprint density at radius 2 is 2.24 bits per heavy atom. The predicted octanol–water partition coefficient (Wildman–Crippen LogP) is 3.49. The molecule has 1 aromatic heterocycles. The SMILES string of the molecule is CC1(C)CC(Cc2cncc(Br)c2)=CC(O)C1. The summed E-state index contributed by atoms with van der Waals surface area (Å²) in [5, 5.41) is 9.85. The van der Waals surface area contributed by atoms with Crippen LogP contribution in [0, 0.1) is 5.41 Å². The first-order chi connectivity index (χ1) is 7.94. The van der Waals surface area contributed by atoms with Gasteiger partial charge in [-0.3, -0.25) is 4.98 Å². The standard InChI is InChI=1S/C14H18BrNO/c1-14(2)6-10(5-13(17)7-14)3-11-4-12(15)9-16-8-11/h4-5,8-9,13,17H,3,6-7H2,1-2H3. The number of aliphatic hydroxyl groups excluding tert-OH is 1. The van der Waals surface area contributed by atoms with Crippen LogP contribution in [0.4, 0.5) is 0 Å². The molecule has 0 saturated carbocycles. The fourth-order valence-corrected chi connectivity index (χ4v) is 2.99. The Kier molecular flexibility index (Phi) is 3.69. The first-order valence-corrected chi connectivity index (χ1v) is 6.71. The number of hydrogen-bond acceptors (Lipinski definition) is 2. The Balaban J connectivity index is 2.14. The van der Waals surface area contributed by atoms with Crippen molar-refractivity contribution in [3.63, 3.8) is 0 Å². The Hall–Kier alpha value is -0.670. The molecule has 1 N–H and O–H groups in total. The first-order valence-electron chi connectivity index (χ1n) is 5.92. The number of nitrogens with zero attached hydrogens (tertiary/aromatic N) is 1. The van der Waals surface area contributed by atoms with Crippen LogP contribution in [-0.4, -0.2) is 16.2 Å². The fraction of sp³-hybridized carbons (Fsp3) is 0.500. The summed E-state index contributed by atoms with van der Waals surface area (Å²) in [5.74, 6) is 0. The molecule has 0 fully saturated rings. The van der Waals surface area contributed by atoms with Crippen molar-refractivity contribution in [2.24, 2.45) is 5.41 Å². The van der Waals surface area contributed by atoms with E-state index in [1.807, 2.05) is 12.3 Å². The Labute approximate surface area is 111 Å². The van der Waals surface area contributed by atoms with Crippen LogP contribution < -0.4 is 0 Å². The third-order valence-electron chi connectivity index (χ3n) is 3.09. The molecule has 1 aliphatic rings. The van der Waals surface area contributed by atoms with Gasteiger partial charge < -0.3 is 5.11 Å². The van der Waals surface area contributed by atoms with Gasteiger partial charge in [-0.15, -0.1) is 0 Å². The maximum atomic E-state index is 9.85. The van der Waals surface area contributed by atoms with E-state index in [0.717, 1.165) is 23.7 Å². The molecule has 0 radical (unpaired) electrons. The highest BCUT2D eigenvalue weighted by Crippen LogP contribution is 2.36. The summed E-state index contributed by atoms with van der Waals surface area (Å²) < 4.78 is 1.01. The van der Waals surface area contributed by atoms with E-state index >= 15 is 0 Å². The highest BCUT2D eigenvalue weighted by Gasteiger charge is 2.27. The molecule has 0 saturated heterocycles. The molecule has 1 unspecified atom stereocenters. The monoisotopic (exact) mass is 295 g/mol. The van der Waals surface area contributed by atoms with E-state index in [9.17, 15) is 5.11 Å². The molecule has 17 heavy (non-hydrogen) atoms. The number of allylic oxidation sites excluding steroid dienone is 1. The van der Waals surface area contributed by atoms with Crippen molar-refractivity contribution in [1.82, 2.24) is 4.98 Å². The molecule has 92 valence electrons. The smallest absolute Gasteiger partial charge is 0.0728 e. The molecule has 0 aliphatic heterocycles. The van der Waals surface area contributed by atoms with Crippen LogP contribution in [-0.2, 0) is 6.42 Å². The molecule has 0 amide bonds. The summed E-state index contributed by atoms with van der Waals surface area (Å²) in [7, 11) is 0. The minimum Gasteiger partial charge on any atom is -0.389 e. The van der Waals surface area contributed by atoms with Crippen LogP contribution >= 0.6 is 15.9 Å². The van der Waals surface area contributed by atoms with Crippen LogP contribution in [0.25, 0.3) is 0 Å². The van der Waals surface area contributed by atoms with E-state index in [4.69, 9.17) is 0 Å². The molecule has 1 heterocycles. The quantitative estimate of drug-likeness (QED) is 0.847. The molecule has 0 aromatic carbocycles. The van der Waals surface area contributed by atoms with E-state index < -0.39 is 0 Å². The van der Waals surface area contributed by atoms with Crippen molar-refractivity contribution in [2.45, 2.75) is 39.2 Å². The number of pyridine rings is 1. The van der Waals surface area contributed by atoms with E-state index in [2.05, 4.69) is 40.8 Å². The van der Waals surface area contributed by atoms with Gasteiger partial charge in [0.1, 0.15) is 0 Å². The Bertz CT molecular complexity index is 440. The first kappa shape index (κ1) is 12.8. The van der Waals surface area contributed by atoms with Crippen molar-refractivity contribution < 1.29 is 5.11 Å². The lowest BCUT2D eigenvalue weighted by Crippen LogP contribution is -2.25. The maximum absolute atomic E-state index is 9.85. The van der Waals surface area contributed by atoms with Gasteiger partial charge in [-0.05, 0) is 52.2 Å². The molecule has 3 heteroatoms. The molecular weight excluding hydrogens is 278 g/mol. The van der Waals surface area contributed by atoms with Gasteiger partial charge in [-0.1, -0.05) is 25.5 Å². The molecule has 1 aliphatic carbocycles. The van der Waals surface area contributed by atoms with Crippen LogP contribution in [0.5, 0.6) is 0 Å². The average Bonchev–Trinajstić information content (AvgIpc) is 2.13. The zero-order valence-corrected chi connectivity index (χ0v) is 11.9. The lowest BCUT2D eigenvalue weighted by atomic mass is 9.75. The zero-order chi connectivity index (χ0) is 12.5. The lowest BCUT2D eigenvalue weighted by molar-refractivity contribution is 0.138. The summed E-state index contributed by atoms with van der Waals surface area (Å²) in [6.45, 7) is 4.42. The molecule has 2 nitrogen and oxygen atoms in total. The van der Waals surface area contributed by atoms with Crippen LogP contribution in [0.2, 0.25) is 0 Å². The average molecular weight is 296 g/mol. The lowest BCUT2D eigenvalue weighted by Gasteiger charge is -2.32. The Morgan fingerprint density at radius 3 is 2.88 bits per heavy atom. The van der Waals surface area contributed by atoms with E-state index in [1.165, 1.54) is 11.1 Å². The number of aromatic nitrogens is 1. The minimum absolute atomic E-state index is 0.197. The summed E-state index contributed by atoms with van der Waals surface area (Å²) in [6, 6.07) is 2.09. The topological polar surface area (TPSA) is 33.1 Å². The summed E-state index contributed by atoms with van der Waals surface area (Å²) in [6.07, 6.45) is 8.17. The summed E-state index contributed by atoms with van der Waals surface area (Å²) in [5.41, 5.74) is 2.70. The van der Waals surface area contributed by atoms with Gasteiger partial charge in [0.2, 0.25) is 0 Å². The zero-order valence-electron chi connectivity index (χ0n) is 10.3. The maximum Gasteiger partial charge on any atom is 0.0728 e. The van der Waals surface area contributed by atoms with Crippen LogP contribution in [0.15, 0.2) is 34.6 Å². The number of hydrogen-bond donors (Lipinski definition) is 1. The number of rotatable bonds is 2. The van der Waals surface area contributed by atoms with Gasteiger partial charge in [0.25, 0.3) is 0 Å². The molecule has 0 spiro atoms. The van der Waals surface area contributed by atoms with Crippen LogP contribution in [0.1, 0.15) is 32.3 Å². The van der Waals surface area contributed by atoms with Crippen molar-refractivity contribution in [2.75, 3.05) is 0 Å². The van der Waals surface area contributed by atoms with E-state index in [1.54, 1.807) is 6.20 Å². The van der Waals surface area contributed by atoms with Gasteiger partial charge >= 0.3 is 0 Å². The Morgan fingerprint density at radius 1 is 1.47 bits per heavy atom. The second kappa shape index (κ2) is 4.91. The molecule has 1 aromatic rings. The van der Waals surface area contributed by atoms with Gasteiger partial charge in [0.05, 0.1) is 6.10 Å². The van der Waals surface area contributed by atoms with Crippen molar-refractivity contribution in [3.8, 4) is 0 Å². The summed E-state index contributed by atoms with van der Waals surface area (Å²) in [4.78, 5) is 4.17. The molecule has 2 rings (SSSR count). The number of halogens is 1. The van der Waals surface area contributed by atoms with Crippen molar-refractivity contribution in [1.29, 1.82) is 0 Å². The predicted molar refractivity (Wildman–Crippen MR) is 72.7 cm³/mol. The third-order valence-corrected chi connectivity index (χ3v) is 3.52. The fourth-order valence-electron chi connectivity index (χ4n) is 2.58. The normalized spacial score (nSPS) is 23.3. The van der Waals surface area contributed by atoms with E-state index in [-0.39, 0.29) is 11.5 Å². The van der Waals surface area contributed by atoms with Gasteiger partial charge in [-0.2, -0.15) is 0 Å². The third kappa shape index (κ3) is 3.65.